The average Bonchev–Trinajstić information content (AvgIpc) is 2.27. The van der Waals surface area contributed by atoms with Gasteiger partial charge in [0.05, 0.1) is 24.2 Å². The van der Waals surface area contributed by atoms with Gasteiger partial charge in [0.1, 0.15) is 18.3 Å². The summed E-state index contributed by atoms with van der Waals surface area (Å²) < 4.78 is 0. The van der Waals surface area contributed by atoms with Gasteiger partial charge in [-0.05, 0) is 6.92 Å². The van der Waals surface area contributed by atoms with E-state index in [0.29, 0.717) is 5.69 Å². The summed E-state index contributed by atoms with van der Waals surface area (Å²) in [6.45, 7) is 1.11. The van der Waals surface area contributed by atoms with Crippen molar-refractivity contribution in [3.8, 4) is 0 Å². The molecular formula is C9H14N2O4. The minimum atomic E-state index is -1.48. The van der Waals surface area contributed by atoms with Gasteiger partial charge in [-0.1, -0.05) is 0 Å². The second kappa shape index (κ2) is 5.13. The van der Waals surface area contributed by atoms with Crippen molar-refractivity contribution in [1.82, 2.24) is 9.97 Å². The van der Waals surface area contributed by atoms with Crippen molar-refractivity contribution in [3.05, 3.63) is 23.8 Å². The highest BCUT2D eigenvalue weighted by Gasteiger charge is 2.26. The summed E-state index contributed by atoms with van der Waals surface area (Å²) in [6.07, 6.45) is -1.49. The number of aromatic nitrogens is 2. The molecule has 0 saturated carbocycles. The van der Waals surface area contributed by atoms with Crippen molar-refractivity contribution >= 4 is 0 Å². The van der Waals surface area contributed by atoms with Gasteiger partial charge in [-0.15, -0.1) is 0 Å². The zero-order chi connectivity index (χ0) is 11.4. The van der Waals surface area contributed by atoms with Crippen molar-refractivity contribution in [1.29, 1.82) is 0 Å². The van der Waals surface area contributed by atoms with Crippen LogP contribution in [0.2, 0.25) is 0 Å². The third-order valence-corrected chi connectivity index (χ3v) is 2.01. The summed E-state index contributed by atoms with van der Waals surface area (Å²) in [4.78, 5) is 7.74. The Kier molecular flexibility index (Phi) is 4.10. The molecule has 1 aromatic heterocycles. The molecule has 1 aromatic rings. The predicted octanol–water partition coefficient (Wildman–Crippen LogP) is -1.47. The molecule has 1 heterocycles. The molecule has 0 aliphatic heterocycles. The topological polar surface area (TPSA) is 107 Å². The monoisotopic (exact) mass is 214 g/mol. The first-order chi connectivity index (χ1) is 7.06. The zero-order valence-corrected chi connectivity index (χ0v) is 8.28. The van der Waals surface area contributed by atoms with Gasteiger partial charge in [0.2, 0.25) is 0 Å². The first kappa shape index (κ1) is 12.0. The van der Waals surface area contributed by atoms with Crippen LogP contribution in [0, 0.1) is 6.92 Å². The van der Waals surface area contributed by atoms with Crippen LogP contribution in [-0.2, 0) is 0 Å². The lowest BCUT2D eigenvalue weighted by Gasteiger charge is -2.20. The van der Waals surface area contributed by atoms with E-state index in [9.17, 15) is 10.2 Å². The fraction of sp³-hybridized carbons (Fsp3) is 0.556. The number of hydrogen-bond acceptors (Lipinski definition) is 6. The van der Waals surface area contributed by atoms with Crippen LogP contribution in [0.1, 0.15) is 17.5 Å². The predicted molar refractivity (Wildman–Crippen MR) is 50.8 cm³/mol. The zero-order valence-electron chi connectivity index (χ0n) is 8.28. The van der Waals surface area contributed by atoms with Crippen molar-refractivity contribution in [2.75, 3.05) is 6.61 Å². The Morgan fingerprint density at radius 3 is 2.33 bits per heavy atom. The Morgan fingerprint density at radius 2 is 1.87 bits per heavy atom. The quantitative estimate of drug-likeness (QED) is 0.487. The number of aryl methyl sites for hydroxylation is 1. The summed E-state index contributed by atoms with van der Waals surface area (Å²) in [5.41, 5.74) is 0.837. The maximum atomic E-state index is 9.56. The summed E-state index contributed by atoms with van der Waals surface area (Å²) in [6, 6.07) is 0. The van der Waals surface area contributed by atoms with E-state index in [0.717, 1.165) is 0 Å². The van der Waals surface area contributed by atoms with Gasteiger partial charge < -0.3 is 20.4 Å². The minimum absolute atomic E-state index is 0.153. The van der Waals surface area contributed by atoms with Crippen LogP contribution in [0.25, 0.3) is 0 Å². The Balaban J connectivity index is 2.75. The highest BCUT2D eigenvalue weighted by molar-refractivity contribution is 5.05. The molecule has 0 aromatic carbocycles. The molecule has 6 nitrogen and oxygen atoms in total. The maximum Gasteiger partial charge on any atom is 0.126 e. The van der Waals surface area contributed by atoms with Gasteiger partial charge in [0.15, 0.2) is 0 Å². The molecule has 0 unspecified atom stereocenters. The molecule has 15 heavy (non-hydrogen) atoms. The first-order valence-corrected chi connectivity index (χ1v) is 4.50. The van der Waals surface area contributed by atoms with E-state index in [-0.39, 0.29) is 5.69 Å². The number of rotatable bonds is 4. The molecular weight excluding hydrogens is 200 g/mol. The van der Waals surface area contributed by atoms with Crippen LogP contribution in [-0.4, -0.2) is 49.2 Å². The molecule has 6 heteroatoms. The van der Waals surface area contributed by atoms with Crippen LogP contribution in [0.5, 0.6) is 0 Å². The standard InChI is InChI=1S/C9H14N2O4/c1-5-2-11-6(3-10-5)8(14)9(15)7(13)4-12/h2-3,7-9,12-15H,4H2,1H3/t7-,8-,9-/m1/s1. The van der Waals surface area contributed by atoms with Crippen LogP contribution in [0.15, 0.2) is 12.4 Å². The third-order valence-electron chi connectivity index (χ3n) is 2.01. The normalized spacial score (nSPS) is 17.1. The van der Waals surface area contributed by atoms with Gasteiger partial charge in [-0.2, -0.15) is 0 Å². The summed E-state index contributed by atoms with van der Waals surface area (Å²) >= 11 is 0. The average molecular weight is 214 g/mol. The Hall–Kier alpha value is -1.08. The van der Waals surface area contributed by atoms with E-state index in [1.165, 1.54) is 12.4 Å². The summed E-state index contributed by atoms with van der Waals surface area (Å²) in [7, 11) is 0. The molecule has 0 fully saturated rings. The number of nitrogens with zero attached hydrogens (tertiary/aromatic N) is 2. The van der Waals surface area contributed by atoms with Gasteiger partial charge in [0.25, 0.3) is 0 Å². The molecule has 0 radical (unpaired) electrons. The number of aliphatic hydroxyl groups is 4. The van der Waals surface area contributed by atoms with E-state index < -0.39 is 24.9 Å². The number of aliphatic hydroxyl groups excluding tert-OH is 4. The van der Waals surface area contributed by atoms with E-state index in [1.54, 1.807) is 6.92 Å². The van der Waals surface area contributed by atoms with Gasteiger partial charge in [-0.25, -0.2) is 0 Å². The number of hydrogen-bond donors (Lipinski definition) is 4. The molecule has 84 valence electrons. The van der Waals surface area contributed by atoms with Crippen molar-refractivity contribution in [3.63, 3.8) is 0 Å². The third kappa shape index (κ3) is 2.93. The Bertz CT molecular complexity index is 303. The van der Waals surface area contributed by atoms with Crippen LogP contribution < -0.4 is 0 Å². The van der Waals surface area contributed by atoms with Crippen molar-refractivity contribution < 1.29 is 20.4 Å². The minimum Gasteiger partial charge on any atom is -0.394 e. The fourth-order valence-electron chi connectivity index (χ4n) is 1.05. The summed E-state index contributed by atoms with van der Waals surface area (Å²) in [5.74, 6) is 0. The second-order valence-electron chi connectivity index (χ2n) is 3.27. The van der Waals surface area contributed by atoms with E-state index in [4.69, 9.17) is 10.2 Å². The van der Waals surface area contributed by atoms with Crippen molar-refractivity contribution in [2.45, 2.75) is 25.2 Å². The Morgan fingerprint density at radius 1 is 1.20 bits per heavy atom. The highest BCUT2D eigenvalue weighted by Crippen LogP contribution is 2.15. The molecule has 0 saturated heterocycles. The maximum absolute atomic E-state index is 9.56. The van der Waals surface area contributed by atoms with Crippen molar-refractivity contribution in [2.24, 2.45) is 0 Å². The van der Waals surface area contributed by atoms with Gasteiger partial charge in [0, 0.05) is 6.20 Å². The van der Waals surface area contributed by atoms with E-state index in [2.05, 4.69) is 9.97 Å². The molecule has 1 rings (SSSR count). The van der Waals surface area contributed by atoms with E-state index >= 15 is 0 Å². The summed E-state index contributed by atoms with van der Waals surface area (Å²) in [5, 5.41) is 36.6. The van der Waals surface area contributed by atoms with Gasteiger partial charge >= 0.3 is 0 Å². The van der Waals surface area contributed by atoms with Crippen LogP contribution >= 0.6 is 0 Å². The molecule has 0 bridgehead atoms. The highest BCUT2D eigenvalue weighted by atomic mass is 16.4. The SMILES string of the molecule is Cc1cnc([C@@H](O)[C@H](O)[C@H](O)CO)cn1. The molecule has 0 aliphatic rings. The molecule has 4 N–H and O–H groups in total. The van der Waals surface area contributed by atoms with Gasteiger partial charge in [-0.3, -0.25) is 9.97 Å². The molecule has 0 spiro atoms. The lowest BCUT2D eigenvalue weighted by molar-refractivity contribution is -0.0790. The fourth-order valence-corrected chi connectivity index (χ4v) is 1.05. The lowest BCUT2D eigenvalue weighted by atomic mass is 10.1. The molecule has 3 atom stereocenters. The lowest BCUT2D eigenvalue weighted by Crippen LogP contribution is -2.35. The first-order valence-electron chi connectivity index (χ1n) is 4.50. The smallest absolute Gasteiger partial charge is 0.126 e. The molecule has 0 aliphatic carbocycles. The second-order valence-corrected chi connectivity index (χ2v) is 3.27. The Labute approximate surface area is 86.9 Å². The molecule has 0 amide bonds. The van der Waals surface area contributed by atoms with Crippen LogP contribution in [0.4, 0.5) is 0 Å². The largest absolute Gasteiger partial charge is 0.394 e. The van der Waals surface area contributed by atoms with E-state index in [1.807, 2.05) is 0 Å². The van der Waals surface area contributed by atoms with Crippen LogP contribution in [0.3, 0.4) is 0 Å².